The van der Waals surface area contributed by atoms with Gasteiger partial charge in [-0.2, -0.15) is 0 Å². The molecule has 0 aliphatic heterocycles. The second kappa shape index (κ2) is 6.69. The van der Waals surface area contributed by atoms with Gasteiger partial charge in [0.25, 0.3) is 5.69 Å². The van der Waals surface area contributed by atoms with Crippen LogP contribution in [0.25, 0.3) is 0 Å². The Kier molecular flexibility index (Phi) is 6.76. The van der Waals surface area contributed by atoms with Crippen LogP contribution in [0.2, 0.25) is 0 Å². The molecular formula is C7H8KNO5S. The van der Waals surface area contributed by atoms with Gasteiger partial charge in [0.1, 0.15) is 10.6 Å². The molecule has 0 fully saturated rings. The summed E-state index contributed by atoms with van der Waals surface area (Å²) in [5, 5.41) is 10.4. The van der Waals surface area contributed by atoms with Crippen LogP contribution in [-0.4, -0.2) is 72.2 Å². The van der Waals surface area contributed by atoms with E-state index in [4.69, 9.17) is 9.29 Å². The van der Waals surface area contributed by atoms with Gasteiger partial charge in [-0.1, -0.05) is 0 Å². The van der Waals surface area contributed by atoms with Gasteiger partial charge in [-0.15, -0.1) is 0 Å². The van der Waals surface area contributed by atoms with E-state index in [1.165, 1.54) is 19.2 Å². The monoisotopic (exact) mass is 257 g/mol. The first kappa shape index (κ1) is 15.2. The number of ether oxygens (including phenoxy) is 1. The van der Waals surface area contributed by atoms with Crippen molar-refractivity contribution in [3.05, 3.63) is 28.3 Å². The van der Waals surface area contributed by atoms with Crippen molar-refractivity contribution in [2.45, 2.75) is 4.90 Å². The predicted octanol–water partition coefficient (Wildman–Crippen LogP) is 0.535. The average molecular weight is 257 g/mol. The molecule has 1 aromatic carbocycles. The van der Waals surface area contributed by atoms with E-state index < -0.39 is 16.0 Å². The maximum absolute atomic E-state index is 10.8. The molecule has 0 aromatic heterocycles. The standard InChI is InChI=1S/C7H7NO5S.K.H/c1-13-6-3-2-5(8(9)10)4-7(6)14(11)12;;/h2-4H,1H3,(H,11,12);;. The Morgan fingerprint density at radius 3 is 2.53 bits per heavy atom. The number of rotatable bonds is 3. The second-order valence-electron chi connectivity index (χ2n) is 2.34. The molecular weight excluding hydrogens is 249 g/mol. The molecule has 0 aliphatic rings. The van der Waals surface area contributed by atoms with E-state index in [1.54, 1.807) is 0 Å². The summed E-state index contributed by atoms with van der Waals surface area (Å²) >= 11 is -2.30. The van der Waals surface area contributed by atoms with E-state index >= 15 is 0 Å². The van der Waals surface area contributed by atoms with E-state index in [1.807, 2.05) is 0 Å². The number of nitro benzene ring substituents is 1. The molecule has 1 N–H and O–H groups in total. The molecule has 8 heteroatoms. The number of methoxy groups -OCH3 is 1. The van der Waals surface area contributed by atoms with Crippen LogP contribution in [0.4, 0.5) is 5.69 Å². The van der Waals surface area contributed by atoms with Crippen LogP contribution < -0.4 is 4.74 Å². The van der Waals surface area contributed by atoms with Crippen molar-refractivity contribution < 1.29 is 18.4 Å². The Hall–Kier alpha value is 0.166. The Morgan fingerprint density at radius 1 is 1.53 bits per heavy atom. The fraction of sp³-hybridized carbons (Fsp3) is 0.143. The molecule has 0 aliphatic carbocycles. The minimum atomic E-state index is -2.30. The predicted molar refractivity (Wildman–Crippen MR) is 55.8 cm³/mol. The zero-order chi connectivity index (χ0) is 10.7. The van der Waals surface area contributed by atoms with Gasteiger partial charge in [-0.05, 0) is 6.07 Å². The first-order chi connectivity index (χ1) is 6.56. The van der Waals surface area contributed by atoms with Crippen molar-refractivity contribution in [2.24, 2.45) is 0 Å². The quantitative estimate of drug-likeness (QED) is 0.369. The fourth-order valence-corrected chi connectivity index (χ4v) is 1.46. The summed E-state index contributed by atoms with van der Waals surface area (Å²) in [6.45, 7) is 0. The van der Waals surface area contributed by atoms with Crippen molar-refractivity contribution >= 4 is 68.2 Å². The average Bonchev–Trinajstić information content (AvgIpc) is 2.16. The van der Waals surface area contributed by atoms with Crippen molar-refractivity contribution in [1.82, 2.24) is 0 Å². The summed E-state index contributed by atoms with van der Waals surface area (Å²) in [6, 6.07) is 3.49. The third-order valence-corrected chi connectivity index (χ3v) is 2.24. The van der Waals surface area contributed by atoms with Crippen LogP contribution in [-0.2, 0) is 11.1 Å². The molecule has 0 spiro atoms. The van der Waals surface area contributed by atoms with E-state index in [0.717, 1.165) is 6.07 Å². The Labute approximate surface area is 131 Å². The normalized spacial score (nSPS) is 11.3. The molecule has 1 unspecified atom stereocenters. The fourth-order valence-electron chi connectivity index (χ4n) is 0.915. The Balaban J connectivity index is 0.00000196. The molecule has 0 radical (unpaired) electrons. The number of nitro groups is 1. The molecule has 0 amide bonds. The van der Waals surface area contributed by atoms with Gasteiger partial charge >= 0.3 is 51.4 Å². The molecule has 6 nitrogen and oxygen atoms in total. The van der Waals surface area contributed by atoms with E-state index in [0.29, 0.717) is 0 Å². The molecule has 1 atom stereocenters. The minimum absolute atomic E-state index is 0. The third-order valence-electron chi connectivity index (χ3n) is 1.55. The van der Waals surface area contributed by atoms with Crippen LogP contribution in [0, 0.1) is 10.1 Å². The van der Waals surface area contributed by atoms with Gasteiger partial charge in [0.05, 0.1) is 12.0 Å². The second-order valence-corrected chi connectivity index (χ2v) is 3.28. The first-order valence-corrected chi connectivity index (χ1v) is 4.60. The van der Waals surface area contributed by atoms with Crippen LogP contribution in [0.15, 0.2) is 23.1 Å². The summed E-state index contributed by atoms with van der Waals surface area (Å²) in [5.74, 6) is 0.149. The van der Waals surface area contributed by atoms with E-state index in [-0.39, 0.29) is 67.7 Å². The summed E-state index contributed by atoms with van der Waals surface area (Å²) < 4.78 is 24.3. The first-order valence-electron chi connectivity index (χ1n) is 3.49. The van der Waals surface area contributed by atoms with Crippen LogP contribution in [0.3, 0.4) is 0 Å². The van der Waals surface area contributed by atoms with Crippen molar-refractivity contribution in [1.29, 1.82) is 0 Å². The van der Waals surface area contributed by atoms with Crippen molar-refractivity contribution in [3.63, 3.8) is 0 Å². The number of non-ortho nitro benzene ring substituents is 1. The van der Waals surface area contributed by atoms with Crippen LogP contribution in [0.1, 0.15) is 0 Å². The molecule has 1 rings (SSSR count). The summed E-state index contributed by atoms with van der Waals surface area (Å²) in [4.78, 5) is 9.61. The van der Waals surface area contributed by atoms with Gasteiger partial charge in [0.2, 0.25) is 0 Å². The third kappa shape index (κ3) is 3.91. The summed E-state index contributed by atoms with van der Waals surface area (Å²) in [6.07, 6.45) is 0. The zero-order valence-electron chi connectivity index (χ0n) is 7.17. The van der Waals surface area contributed by atoms with Crippen LogP contribution in [0.5, 0.6) is 5.75 Å². The van der Waals surface area contributed by atoms with Gasteiger partial charge in [-0.3, -0.25) is 10.1 Å². The molecule has 15 heavy (non-hydrogen) atoms. The molecule has 1 aromatic rings. The summed E-state index contributed by atoms with van der Waals surface area (Å²) in [7, 11) is 1.32. The molecule has 0 heterocycles. The van der Waals surface area contributed by atoms with Gasteiger partial charge in [0, 0.05) is 12.1 Å². The number of nitrogens with zero attached hydrogens (tertiary/aromatic N) is 1. The van der Waals surface area contributed by atoms with E-state index in [2.05, 4.69) is 0 Å². The van der Waals surface area contributed by atoms with E-state index in [9.17, 15) is 14.3 Å². The topological polar surface area (TPSA) is 89.7 Å². The zero-order valence-corrected chi connectivity index (χ0v) is 7.98. The number of hydrogen-bond donors (Lipinski definition) is 1. The van der Waals surface area contributed by atoms with Gasteiger partial charge in [0.15, 0.2) is 11.1 Å². The van der Waals surface area contributed by atoms with Crippen molar-refractivity contribution in [3.8, 4) is 5.75 Å². The Morgan fingerprint density at radius 2 is 2.13 bits per heavy atom. The maximum atomic E-state index is 10.8. The molecule has 0 bridgehead atoms. The molecule has 78 valence electrons. The van der Waals surface area contributed by atoms with Crippen molar-refractivity contribution in [2.75, 3.05) is 7.11 Å². The van der Waals surface area contributed by atoms with Crippen LogP contribution >= 0.6 is 0 Å². The number of benzene rings is 1. The SMILES string of the molecule is COc1ccc([N+](=O)[O-])cc1S(=O)O.[KH]. The van der Waals surface area contributed by atoms with Gasteiger partial charge < -0.3 is 9.29 Å². The summed E-state index contributed by atoms with van der Waals surface area (Å²) in [5.41, 5.74) is -0.247. The Bertz CT molecular complexity index is 397. The van der Waals surface area contributed by atoms with Gasteiger partial charge in [-0.25, -0.2) is 4.21 Å². The molecule has 0 saturated heterocycles. The molecule has 0 saturated carbocycles. The number of hydrogen-bond acceptors (Lipinski definition) is 4.